The monoisotopic (exact) mass is 298 g/mol. The topological polar surface area (TPSA) is 29.3 Å². The van der Waals surface area contributed by atoms with Gasteiger partial charge < -0.3 is 4.52 Å². The number of hydrogen-bond acceptors (Lipinski definition) is 3. The Bertz CT molecular complexity index is 632. The molecule has 118 valence electrons. The van der Waals surface area contributed by atoms with Crippen LogP contribution in [0.5, 0.6) is 0 Å². The van der Waals surface area contributed by atoms with Crippen LogP contribution < -0.4 is 0 Å². The van der Waals surface area contributed by atoms with E-state index in [9.17, 15) is 0 Å². The average Bonchev–Trinajstić information content (AvgIpc) is 3.12. The van der Waals surface area contributed by atoms with E-state index in [4.69, 9.17) is 4.52 Å². The molecule has 1 aromatic heterocycles. The van der Waals surface area contributed by atoms with Crippen molar-refractivity contribution in [2.24, 2.45) is 0 Å². The Balaban J connectivity index is 1.73. The van der Waals surface area contributed by atoms with Gasteiger partial charge in [-0.2, -0.15) is 0 Å². The fourth-order valence-corrected chi connectivity index (χ4v) is 3.34. The van der Waals surface area contributed by atoms with Crippen LogP contribution >= 0.6 is 0 Å². The minimum atomic E-state index is 0.413. The van der Waals surface area contributed by atoms with E-state index in [1.54, 1.807) is 0 Å². The van der Waals surface area contributed by atoms with Crippen molar-refractivity contribution in [3.8, 4) is 0 Å². The summed E-state index contributed by atoms with van der Waals surface area (Å²) in [5, 5.41) is 4.32. The van der Waals surface area contributed by atoms with Gasteiger partial charge in [0.25, 0.3) is 0 Å². The number of hydrogen-bond donors (Lipinski definition) is 0. The number of nitrogens with zero attached hydrogens (tertiary/aromatic N) is 2. The van der Waals surface area contributed by atoms with Crippen molar-refractivity contribution in [2.75, 3.05) is 6.54 Å². The summed E-state index contributed by atoms with van der Waals surface area (Å²) in [5.74, 6) is 1.02. The molecule has 1 atom stereocenters. The van der Waals surface area contributed by atoms with Crippen LogP contribution in [0.15, 0.2) is 28.8 Å². The van der Waals surface area contributed by atoms with E-state index in [2.05, 4.69) is 55.1 Å². The molecule has 0 bridgehead atoms. The van der Waals surface area contributed by atoms with Gasteiger partial charge in [-0.1, -0.05) is 30.3 Å². The van der Waals surface area contributed by atoms with Gasteiger partial charge in [0.05, 0.1) is 6.04 Å². The molecule has 2 heterocycles. The van der Waals surface area contributed by atoms with Gasteiger partial charge in [0.1, 0.15) is 11.5 Å². The lowest BCUT2D eigenvalue weighted by molar-refractivity contribution is 0.236. The van der Waals surface area contributed by atoms with Crippen molar-refractivity contribution < 1.29 is 4.52 Å². The van der Waals surface area contributed by atoms with Crippen molar-refractivity contribution in [2.45, 2.75) is 59.0 Å². The molecule has 0 radical (unpaired) electrons. The molecule has 1 saturated heterocycles. The molecule has 1 aliphatic heterocycles. The number of benzene rings is 1. The molecule has 1 aliphatic rings. The van der Waals surface area contributed by atoms with Crippen LogP contribution in [-0.4, -0.2) is 16.6 Å². The van der Waals surface area contributed by atoms with Gasteiger partial charge in [-0.05, 0) is 56.3 Å². The summed E-state index contributed by atoms with van der Waals surface area (Å²) in [5.41, 5.74) is 5.25. The fourth-order valence-electron chi connectivity index (χ4n) is 3.34. The van der Waals surface area contributed by atoms with Gasteiger partial charge in [0.2, 0.25) is 0 Å². The SMILES string of the molecule is CCCc1cc([C@@H]2CCCN2Cc2ccc(C)c(C)c2)no1. The van der Waals surface area contributed by atoms with Gasteiger partial charge >= 0.3 is 0 Å². The smallest absolute Gasteiger partial charge is 0.137 e. The molecule has 0 amide bonds. The summed E-state index contributed by atoms with van der Waals surface area (Å²) >= 11 is 0. The maximum atomic E-state index is 5.47. The second kappa shape index (κ2) is 6.66. The number of rotatable bonds is 5. The second-order valence-electron chi connectivity index (χ2n) is 6.52. The van der Waals surface area contributed by atoms with Gasteiger partial charge in [0.15, 0.2) is 0 Å². The summed E-state index contributed by atoms with van der Waals surface area (Å²) in [4.78, 5) is 2.54. The Labute approximate surface area is 133 Å². The second-order valence-corrected chi connectivity index (χ2v) is 6.52. The normalized spacial score (nSPS) is 19.0. The van der Waals surface area contributed by atoms with Crippen LogP contribution in [0, 0.1) is 13.8 Å². The Morgan fingerprint density at radius 1 is 1.23 bits per heavy atom. The average molecular weight is 298 g/mol. The maximum absolute atomic E-state index is 5.47. The van der Waals surface area contributed by atoms with E-state index < -0.39 is 0 Å². The summed E-state index contributed by atoms with van der Waals surface area (Å²) in [7, 11) is 0. The van der Waals surface area contributed by atoms with E-state index in [0.717, 1.165) is 37.4 Å². The zero-order valence-electron chi connectivity index (χ0n) is 13.9. The predicted octanol–water partition coefficient (Wildman–Crippen LogP) is 4.58. The van der Waals surface area contributed by atoms with Gasteiger partial charge in [-0.3, -0.25) is 4.90 Å². The Morgan fingerprint density at radius 3 is 2.86 bits per heavy atom. The molecule has 0 aliphatic carbocycles. The van der Waals surface area contributed by atoms with Crippen LogP contribution in [0.1, 0.15) is 60.4 Å². The molecule has 22 heavy (non-hydrogen) atoms. The minimum absolute atomic E-state index is 0.413. The Morgan fingerprint density at radius 2 is 2.09 bits per heavy atom. The molecular weight excluding hydrogens is 272 g/mol. The third kappa shape index (κ3) is 3.25. The number of aryl methyl sites for hydroxylation is 3. The van der Waals surface area contributed by atoms with E-state index in [-0.39, 0.29) is 0 Å². The van der Waals surface area contributed by atoms with Crippen LogP contribution in [0.3, 0.4) is 0 Å². The first-order valence-corrected chi connectivity index (χ1v) is 8.43. The minimum Gasteiger partial charge on any atom is -0.361 e. The Kier molecular flexibility index (Phi) is 4.63. The van der Waals surface area contributed by atoms with Crippen LogP contribution in [0.2, 0.25) is 0 Å². The van der Waals surface area contributed by atoms with E-state index in [0.29, 0.717) is 6.04 Å². The van der Waals surface area contributed by atoms with Crippen molar-refractivity contribution in [1.82, 2.24) is 10.1 Å². The van der Waals surface area contributed by atoms with Crippen molar-refractivity contribution in [1.29, 1.82) is 0 Å². The molecule has 0 saturated carbocycles. The first-order valence-electron chi connectivity index (χ1n) is 8.43. The fraction of sp³-hybridized carbons (Fsp3) is 0.526. The quantitative estimate of drug-likeness (QED) is 0.809. The van der Waals surface area contributed by atoms with E-state index in [1.165, 1.54) is 29.5 Å². The van der Waals surface area contributed by atoms with Crippen molar-refractivity contribution in [3.63, 3.8) is 0 Å². The third-order valence-electron chi connectivity index (χ3n) is 4.74. The highest BCUT2D eigenvalue weighted by Gasteiger charge is 2.28. The van der Waals surface area contributed by atoms with Crippen molar-refractivity contribution >= 4 is 0 Å². The molecule has 2 aromatic rings. The third-order valence-corrected chi connectivity index (χ3v) is 4.74. The van der Waals surface area contributed by atoms with Gasteiger partial charge in [-0.15, -0.1) is 0 Å². The zero-order valence-corrected chi connectivity index (χ0v) is 13.9. The first-order chi connectivity index (χ1) is 10.7. The molecule has 3 nitrogen and oxygen atoms in total. The highest BCUT2D eigenvalue weighted by atomic mass is 16.5. The highest BCUT2D eigenvalue weighted by molar-refractivity contribution is 5.30. The molecule has 0 unspecified atom stereocenters. The molecule has 1 fully saturated rings. The van der Waals surface area contributed by atoms with E-state index >= 15 is 0 Å². The standard InChI is InChI=1S/C19H26N2O/c1-4-6-17-12-18(20-22-17)19-7-5-10-21(19)13-16-9-8-14(2)15(3)11-16/h8-9,11-12,19H,4-7,10,13H2,1-3H3/t19-/m0/s1. The summed E-state index contributed by atoms with van der Waals surface area (Å²) in [6, 6.07) is 9.37. The Hall–Kier alpha value is -1.61. The maximum Gasteiger partial charge on any atom is 0.137 e. The number of likely N-dealkylation sites (tertiary alicyclic amines) is 1. The summed E-state index contributed by atoms with van der Waals surface area (Å²) in [6.07, 6.45) is 4.51. The van der Waals surface area contributed by atoms with Gasteiger partial charge in [-0.25, -0.2) is 0 Å². The zero-order chi connectivity index (χ0) is 15.5. The highest BCUT2D eigenvalue weighted by Crippen LogP contribution is 2.33. The molecule has 1 aromatic carbocycles. The molecular formula is C19H26N2O. The van der Waals surface area contributed by atoms with Crippen LogP contribution in [0.25, 0.3) is 0 Å². The van der Waals surface area contributed by atoms with Crippen LogP contribution in [0.4, 0.5) is 0 Å². The van der Waals surface area contributed by atoms with Crippen LogP contribution in [-0.2, 0) is 13.0 Å². The molecule has 0 spiro atoms. The number of aromatic nitrogens is 1. The van der Waals surface area contributed by atoms with E-state index in [1.807, 2.05) is 0 Å². The predicted molar refractivity (Wildman–Crippen MR) is 88.8 cm³/mol. The lowest BCUT2D eigenvalue weighted by Crippen LogP contribution is -2.23. The lowest BCUT2D eigenvalue weighted by atomic mass is 10.1. The first kappa shape index (κ1) is 15.3. The lowest BCUT2D eigenvalue weighted by Gasteiger charge is -2.23. The summed E-state index contributed by atoms with van der Waals surface area (Å²) < 4.78 is 5.47. The molecule has 3 rings (SSSR count). The van der Waals surface area contributed by atoms with Gasteiger partial charge in [0, 0.05) is 19.0 Å². The molecule has 3 heteroatoms. The molecule has 0 N–H and O–H groups in total. The largest absolute Gasteiger partial charge is 0.361 e. The summed E-state index contributed by atoms with van der Waals surface area (Å²) in [6.45, 7) is 8.68. The van der Waals surface area contributed by atoms with Crippen molar-refractivity contribution in [3.05, 3.63) is 52.4 Å².